The van der Waals surface area contributed by atoms with Crippen LogP contribution in [0.4, 0.5) is 0 Å². The van der Waals surface area contributed by atoms with Crippen LogP contribution in [0.25, 0.3) is 0 Å². The van der Waals surface area contributed by atoms with Gasteiger partial charge >= 0.3 is 0 Å². The van der Waals surface area contributed by atoms with Gasteiger partial charge in [-0.05, 0) is 44.6 Å². The molecule has 1 atom stereocenters. The van der Waals surface area contributed by atoms with E-state index in [0.29, 0.717) is 11.6 Å². The number of aromatic nitrogens is 1. The molecule has 0 aliphatic carbocycles. The number of hydrogen-bond acceptors (Lipinski definition) is 5. The van der Waals surface area contributed by atoms with Gasteiger partial charge in [-0.1, -0.05) is 0 Å². The molecule has 3 aliphatic heterocycles. The lowest BCUT2D eigenvalue weighted by atomic mass is 9.76. The first kappa shape index (κ1) is 17.0. The first-order valence-corrected chi connectivity index (χ1v) is 10.2. The standard InChI is InChI=1S/C18H26N4O2S/c1-20-12-18(10-15(20)17(24)21-6-2-3-7-21)4-8-22(9-5-18)16(23)14-11-25-13-19-14/h11,13,15H,2-10,12H2,1H3. The summed E-state index contributed by atoms with van der Waals surface area (Å²) in [4.78, 5) is 35.7. The molecular formula is C18H26N4O2S. The van der Waals surface area contributed by atoms with Crippen molar-refractivity contribution >= 4 is 23.2 Å². The second-order valence-electron chi connectivity index (χ2n) is 7.83. The van der Waals surface area contributed by atoms with E-state index in [1.807, 2.05) is 15.2 Å². The maximum atomic E-state index is 12.8. The molecule has 25 heavy (non-hydrogen) atoms. The number of hydrogen-bond donors (Lipinski definition) is 0. The van der Waals surface area contributed by atoms with E-state index in [2.05, 4.69) is 16.9 Å². The third-order valence-corrected chi connectivity index (χ3v) is 6.80. The highest BCUT2D eigenvalue weighted by molar-refractivity contribution is 7.07. The second-order valence-corrected chi connectivity index (χ2v) is 8.55. The van der Waals surface area contributed by atoms with Gasteiger partial charge < -0.3 is 9.80 Å². The van der Waals surface area contributed by atoms with Crippen molar-refractivity contribution in [1.82, 2.24) is 19.7 Å². The monoisotopic (exact) mass is 362 g/mol. The zero-order valence-electron chi connectivity index (χ0n) is 14.8. The molecule has 0 radical (unpaired) electrons. The fourth-order valence-corrected chi connectivity index (χ4v) is 5.25. The van der Waals surface area contributed by atoms with Crippen LogP contribution >= 0.6 is 11.3 Å². The van der Waals surface area contributed by atoms with Crippen LogP contribution in [0.15, 0.2) is 10.9 Å². The van der Waals surface area contributed by atoms with Gasteiger partial charge in [0.15, 0.2) is 0 Å². The Labute approximate surface area is 152 Å². The summed E-state index contributed by atoms with van der Waals surface area (Å²) in [6.45, 7) is 4.36. The maximum Gasteiger partial charge on any atom is 0.273 e. The molecule has 0 saturated carbocycles. The smallest absolute Gasteiger partial charge is 0.273 e. The Morgan fingerprint density at radius 1 is 1.16 bits per heavy atom. The van der Waals surface area contributed by atoms with Crippen LogP contribution in [0.1, 0.15) is 42.6 Å². The summed E-state index contributed by atoms with van der Waals surface area (Å²) in [5, 5.41) is 1.82. The van der Waals surface area contributed by atoms with E-state index >= 15 is 0 Å². The van der Waals surface area contributed by atoms with Crippen LogP contribution in [-0.2, 0) is 4.79 Å². The number of carbonyl (C=O) groups excluding carboxylic acids is 2. The third-order valence-electron chi connectivity index (χ3n) is 6.21. The van der Waals surface area contributed by atoms with Gasteiger partial charge in [-0.2, -0.15) is 0 Å². The highest BCUT2D eigenvalue weighted by Crippen LogP contribution is 2.43. The van der Waals surface area contributed by atoms with Gasteiger partial charge in [0.2, 0.25) is 5.91 Å². The number of likely N-dealkylation sites (N-methyl/N-ethyl adjacent to an activating group) is 1. The van der Waals surface area contributed by atoms with Crippen LogP contribution in [0.3, 0.4) is 0 Å². The van der Waals surface area contributed by atoms with Gasteiger partial charge in [-0.25, -0.2) is 4.98 Å². The van der Waals surface area contributed by atoms with Crippen LogP contribution in [-0.4, -0.2) is 77.3 Å². The van der Waals surface area contributed by atoms with Crippen molar-refractivity contribution in [2.75, 3.05) is 39.8 Å². The van der Waals surface area contributed by atoms with E-state index in [-0.39, 0.29) is 17.4 Å². The number of rotatable bonds is 2. The van der Waals surface area contributed by atoms with E-state index in [1.54, 1.807) is 5.51 Å². The first-order chi connectivity index (χ1) is 12.1. The molecule has 2 amide bonds. The Bertz CT molecular complexity index is 634. The lowest BCUT2D eigenvalue weighted by molar-refractivity contribution is -0.134. The second kappa shape index (κ2) is 6.68. The molecule has 1 aromatic heterocycles. The van der Waals surface area contributed by atoms with Gasteiger partial charge in [0, 0.05) is 38.1 Å². The van der Waals surface area contributed by atoms with Crippen molar-refractivity contribution in [3.63, 3.8) is 0 Å². The van der Waals surface area contributed by atoms with Crippen molar-refractivity contribution in [3.8, 4) is 0 Å². The normalized spacial score (nSPS) is 26.5. The number of piperidine rings is 1. The van der Waals surface area contributed by atoms with Crippen molar-refractivity contribution in [3.05, 3.63) is 16.6 Å². The molecular weight excluding hydrogens is 336 g/mol. The van der Waals surface area contributed by atoms with Gasteiger partial charge in [0.05, 0.1) is 11.6 Å². The molecule has 1 unspecified atom stereocenters. The average molecular weight is 362 g/mol. The van der Waals surface area contributed by atoms with Crippen LogP contribution < -0.4 is 0 Å². The average Bonchev–Trinajstić information content (AvgIpc) is 3.36. The molecule has 6 nitrogen and oxygen atoms in total. The molecule has 3 aliphatic rings. The molecule has 136 valence electrons. The summed E-state index contributed by atoms with van der Waals surface area (Å²) in [5.41, 5.74) is 2.46. The number of thiazole rings is 1. The molecule has 3 saturated heterocycles. The Balaban J connectivity index is 1.38. The Morgan fingerprint density at radius 2 is 1.88 bits per heavy atom. The summed E-state index contributed by atoms with van der Waals surface area (Å²) in [5.74, 6) is 0.366. The predicted molar refractivity (Wildman–Crippen MR) is 96.5 cm³/mol. The summed E-state index contributed by atoms with van der Waals surface area (Å²) >= 11 is 1.46. The molecule has 0 bridgehead atoms. The third kappa shape index (κ3) is 3.19. The van der Waals surface area contributed by atoms with Crippen molar-refractivity contribution in [1.29, 1.82) is 0 Å². The molecule has 0 N–H and O–H groups in total. The van der Waals surface area contributed by atoms with E-state index < -0.39 is 0 Å². The van der Waals surface area contributed by atoms with E-state index in [4.69, 9.17) is 0 Å². The van der Waals surface area contributed by atoms with Gasteiger partial charge in [-0.15, -0.1) is 11.3 Å². The maximum absolute atomic E-state index is 12.8. The zero-order chi connectivity index (χ0) is 17.4. The van der Waals surface area contributed by atoms with Crippen LogP contribution in [0.5, 0.6) is 0 Å². The van der Waals surface area contributed by atoms with Crippen molar-refractivity contribution in [2.24, 2.45) is 5.41 Å². The molecule has 1 spiro atoms. The highest BCUT2D eigenvalue weighted by atomic mass is 32.1. The predicted octanol–water partition coefficient (Wildman–Crippen LogP) is 1.69. The molecule has 4 rings (SSSR count). The van der Waals surface area contributed by atoms with Gasteiger partial charge in [-0.3, -0.25) is 14.5 Å². The number of nitrogens with zero attached hydrogens (tertiary/aromatic N) is 4. The van der Waals surface area contributed by atoms with E-state index in [0.717, 1.165) is 64.8 Å². The lowest BCUT2D eigenvalue weighted by Crippen LogP contribution is -2.44. The van der Waals surface area contributed by atoms with Crippen molar-refractivity contribution < 1.29 is 9.59 Å². The van der Waals surface area contributed by atoms with E-state index in [9.17, 15) is 9.59 Å². The van der Waals surface area contributed by atoms with Gasteiger partial charge in [0.25, 0.3) is 5.91 Å². The topological polar surface area (TPSA) is 56.8 Å². The van der Waals surface area contributed by atoms with Crippen molar-refractivity contribution in [2.45, 2.75) is 38.1 Å². The van der Waals surface area contributed by atoms with E-state index in [1.165, 1.54) is 11.3 Å². The quantitative estimate of drug-likeness (QED) is 0.803. The minimum atomic E-state index is 0.0268. The number of amides is 2. The summed E-state index contributed by atoms with van der Waals surface area (Å²) in [6.07, 6.45) is 5.19. The molecule has 7 heteroatoms. The fourth-order valence-electron chi connectivity index (χ4n) is 4.72. The summed E-state index contributed by atoms with van der Waals surface area (Å²) < 4.78 is 0. The Kier molecular flexibility index (Phi) is 4.54. The SMILES string of the molecule is CN1CC2(CCN(C(=O)c3cscn3)CC2)CC1C(=O)N1CCCC1. The first-order valence-electron chi connectivity index (χ1n) is 9.25. The molecule has 4 heterocycles. The highest BCUT2D eigenvalue weighted by Gasteiger charge is 2.48. The minimum absolute atomic E-state index is 0.0268. The molecule has 1 aromatic rings. The summed E-state index contributed by atoms with van der Waals surface area (Å²) in [6, 6.07) is 0.0268. The minimum Gasteiger partial charge on any atom is -0.341 e. The van der Waals surface area contributed by atoms with Crippen LogP contribution in [0.2, 0.25) is 0 Å². The number of carbonyl (C=O) groups is 2. The van der Waals surface area contributed by atoms with Crippen LogP contribution in [0, 0.1) is 5.41 Å². The summed E-state index contributed by atoms with van der Waals surface area (Å²) in [7, 11) is 2.08. The molecule has 0 aromatic carbocycles. The lowest BCUT2D eigenvalue weighted by Gasteiger charge is -2.39. The zero-order valence-corrected chi connectivity index (χ0v) is 15.6. The molecule has 3 fully saturated rings. The Hall–Kier alpha value is -1.47. The Morgan fingerprint density at radius 3 is 2.52 bits per heavy atom. The fraction of sp³-hybridized carbons (Fsp3) is 0.722. The van der Waals surface area contributed by atoms with Gasteiger partial charge in [0.1, 0.15) is 5.69 Å². The number of likely N-dealkylation sites (tertiary alicyclic amines) is 3. The largest absolute Gasteiger partial charge is 0.341 e.